The lowest BCUT2D eigenvalue weighted by atomic mass is 9.56. The van der Waals surface area contributed by atoms with Gasteiger partial charge in [-0.25, -0.2) is 26.9 Å². The van der Waals surface area contributed by atoms with Gasteiger partial charge in [-0.15, -0.1) is 23.2 Å². The number of benzene rings is 2. The number of carbonyl (C=O) groups excluding carboxylic acids is 4. The summed E-state index contributed by atoms with van der Waals surface area (Å²) in [6.07, 6.45) is 1.10. The summed E-state index contributed by atoms with van der Waals surface area (Å²) in [7, 11) is 1.30. The zero-order chi connectivity index (χ0) is 31.7. The van der Waals surface area contributed by atoms with Gasteiger partial charge in [0.1, 0.15) is 11.4 Å². The Morgan fingerprint density at radius 1 is 0.837 bits per heavy atom. The van der Waals surface area contributed by atoms with Crippen LogP contribution in [0.1, 0.15) is 35.4 Å². The third kappa shape index (κ3) is 3.47. The molecular formula is C29H21Cl2F5N2O5. The van der Waals surface area contributed by atoms with E-state index in [0.29, 0.717) is 16.7 Å². The van der Waals surface area contributed by atoms with Crippen LogP contribution < -0.4 is 4.90 Å². The van der Waals surface area contributed by atoms with E-state index in [1.54, 1.807) is 19.9 Å². The molecule has 0 aromatic heterocycles. The third-order valence-corrected chi connectivity index (χ3v) is 10.7. The van der Waals surface area contributed by atoms with Gasteiger partial charge in [-0.3, -0.25) is 24.1 Å². The number of fused-ring (bicyclic) bond motifs is 4. The maximum Gasteiger partial charge on any atom is 0.258 e. The summed E-state index contributed by atoms with van der Waals surface area (Å²) in [5.74, 6) is -20.6. The Kier molecular flexibility index (Phi) is 6.36. The molecule has 2 saturated heterocycles. The van der Waals surface area contributed by atoms with Crippen molar-refractivity contribution in [1.82, 2.24) is 4.90 Å². The van der Waals surface area contributed by atoms with Gasteiger partial charge in [0, 0.05) is 13.0 Å². The van der Waals surface area contributed by atoms with Gasteiger partial charge in [-0.1, -0.05) is 23.8 Å². The minimum absolute atomic E-state index is 0.0592. The number of aromatic hydroxyl groups is 1. The molecule has 1 saturated carbocycles. The van der Waals surface area contributed by atoms with E-state index in [4.69, 9.17) is 23.2 Å². The number of nitrogens with zero attached hydrogens (tertiary/aromatic N) is 2. The summed E-state index contributed by atoms with van der Waals surface area (Å²) < 4.78 is 72.5. The van der Waals surface area contributed by atoms with E-state index in [9.17, 15) is 37.5 Å². The number of rotatable bonds is 2. The molecule has 4 aliphatic rings. The number of imide groups is 2. The molecule has 0 spiro atoms. The Labute approximate surface area is 250 Å². The quantitative estimate of drug-likeness (QED) is 0.126. The number of phenolic OH excluding ortho intramolecular Hbond substituents is 1. The molecule has 43 heavy (non-hydrogen) atoms. The summed E-state index contributed by atoms with van der Waals surface area (Å²) in [5, 5.41) is 10.4. The number of alkyl halides is 2. The summed E-state index contributed by atoms with van der Waals surface area (Å²) in [4.78, 5) is 49.9. The third-order valence-electron chi connectivity index (χ3n) is 9.29. The van der Waals surface area contributed by atoms with Gasteiger partial charge in [0.25, 0.3) is 11.8 Å². The zero-order valence-electron chi connectivity index (χ0n) is 22.6. The molecule has 0 radical (unpaired) electrons. The second-order valence-electron chi connectivity index (χ2n) is 11.4. The lowest BCUT2D eigenvalue weighted by Crippen LogP contribution is -2.60. The number of hydrogen-bond donors (Lipinski definition) is 1. The Morgan fingerprint density at radius 2 is 1.37 bits per heavy atom. The normalized spacial score (nSPS) is 31.8. The van der Waals surface area contributed by atoms with Crippen molar-refractivity contribution >= 4 is 52.5 Å². The number of hydrogen-bond acceptors (Lipinski definition) is 5. The summed E-state index contributed by atoms with van der Waals surface area (Å²) >= 11 is 14.1. The number of amides is 4. The Balaban J connectivity index is 1.63. The standard InChI is InChI=1S/C29H21Cl2F5N2O5/c1-9-6-11(7-10(2)23(9)39)16-12-4-5-13-15(25(41)37(3)24(13)40)14(12)8-28(30)26(42)38(27(43)29(16,28)31)22-20(35)18(33)17(32)19(34)21(22)36/h4,6-7,13-16,39H,5,8H2,1-3H3. The first-order valence-corrected chi connectivity index (χ1v) is 13.9. The Hall–Kier alpha value is -3.51. The van der Waals surface area contributed by atoms with Crippen molar-refractivity contribution in [2.45, 2.75) is 42.4 Å². The zero-order valence-corrected chi connectivity index (χ0v) is 24.1. The van der Waals surface area contributed by atoms with Crippen LogP contribution in [0.15, 0.2) is 23.8 Å². The van der Waals surface area contributed by atoms with E-state index >= 15 is 8.78 Å². The van der Waals surface area contributed by atoms with E-state index in [0.717, 1.165) is 4.90 Å². The van der Waals surface area contributed by atoms with Crippen LogP contribution in [0.4, 0.5) is 27.6 Å². The predicted molar refractivity (Wildman–Crippen MR) is 142 cm³/mol. The first-order chi connectivity index (χ1) is 20.0. The second kappa shape index (κ2) is 9.25. The minimum atomic E-state index is -2.60. The fourth-order valence-corrected chi connectivity index (χ4v) is 8.19. The smallest absolute Gasteiger partial charge is 0.258 e. The van der Waals surface area contributed by atoms with Crippen LogP contribution in [0.2, 0.25) is 0 Å². The summed E-state index contributed by atoms with van der Waals surface area (Å²) in [6.45, 7) is 3.09. The summed E-state index contributed by atoms with van der Waals surface area (Å²) in [6, 6.07) is 2.91. The molecule has 226 valence electrons. The van der Waals surface area contributed by atoms with Crippen LogP contribution in [0.25, 0.3) is 0 Å². The predicted octanol–water partition coefficient (Wildman–Crippen LogP) is 4.90. The first kappa shape index (κ1) is 29.6. The van der Waals surface area contributed by atoms with Gasteiger partial charge in [0.05, 0.1) is 11.8 Å². The van der Waals surface area contributed by atoms with Crippen molar-refractivity contribution in [3.8, 4) is 5.75 Å². The number of aryl methyl sites for hydroxylation is 2. The molecule has 6 rings (SSSR count). The molecule has 2 aromatic rings. The molecule has 2 aliphatic carbocycles. The maximum atomic E-state index is 15.0. The molecule has 14 heteroatoms. The lowest BCUT2D eigenvalue weighted by Gasteiger charge is -2.50. The summed E-state index contributed by atoms with van der Waals surface area (Å²) in [5.41, 5.74) is -0.611. The lowest BCUT2D eigenvalue weighted by molar-refractivity contribution is -0.138. The van der Waals surface area contributed by atoms with Gasteiger partial charge in [0.2, 0.25) is 17.6 Å². The van der Waals surface area contributed by atoms with Gasteiger partial charge in [0.15, 0.2) is 33.0 Å². The largest absolute Gasteiger partial charge is 0.507 e. The highest BCUT2D eigenvalue weighted by molar-refractivity contribution is 6.58. The number of allylic oxidation sites excluding steroid dienone is 2. The monoisotopic (exact) mass is 642 g/mol. The van der Waals surface area contributed by atoms with Gasteiger partial charge < -0.3 is 5.11 Å². The minimum Gasteiger partial charge on any atom is -0.507 e. The van der Waals surface area contributed by atoms with Crippen molar-refractivity contribution in [3.05, 3.63) is 69.6 Å². The first-order valence-electron chi connectivity index (χ1n) is 13.1. The van der Waals surface area contributed by atoms with Crippen LogP contribution in [0.5, 0.6) is 5.75 Å². The highest BCUT2D eigenvalue weighted by atomic mass is 35.5. The highest BCUT2D eigenvalue weighted by Crippen LogP contribution is 2.66. The van der Waals surface area contributed by atoms with Crippen LogP contribution >= 0.6 is 23.2 Å². The average molecular weight is 643 g/mol. The number of phenols is 1. The van der Waals surface area contributed by atoms with Crippen molar-refractivity contribution in [3.63, 3.8) is 0 Å². The highest BCUT2D eigenvalue weighted by Gasteiger charge is 2.77. The average Bonchev–Trinajstić information content (AvgIpc) is 3.27. The van der Waals surface area contributed by atoms with E-state index < -0.39 is 98.2 Å². The topological polar surface area (TPSA) is 95.0 Å². The van der Waals surface area contributed by atoms with E-state index in [1.807, 2.05) is 0 Å². The van der Waals surface area contributed by atoms with Crippen molar-refractivity contribution < 1.29 is 46.2 Å². The molecule has 2 heterocycles. The number of anilines is 1. The number of carbonyl (C=O) groups is 4. The van der Waals surface area contributed by atoms with Crippen LogP contribution in [-0.2, 0) is 19.2 Å². The Morgan fingerprint density at radius 3 is 1.93 bits per heavy atom. The molecule has 4 amide bonds. The molecule has 2 aliphatic heterocycles. The molecule has 0 bridgehead atoms. The van der Waals surface area contributed by atoms with Crippen molar-refractivity contribution in [2.24, 2.45) is 17.8 Å². The van der Waals surface area contributed by atoms with E-state index in [1.165, 1.54) is 19.2 Å². The molecule has 2 aromatic carbocycles. The SMILES string of the molecule is Cc1cc(C2C3=CCC4C(=O)N(C)C(=O)C4C3CC3(Cl)C(=O)N(c4c(F)c(F)c(F)c(F)c4F)C(=O)C23Cl)cc(C)c1O. The fourth-order valence-electron chi connectivity index (χ4n) is 7.25. The van der Waals surface area contributed by atoms with Gasteiger partial charge >= 0.3 is 0 Å². The Bertz CT molecular complexity index is 1700. The van der Waals surface area contributed by atoms with E-state index in [-0.39, 0.29) is 22.6 Å². The molecule has 6 atom stereocenters. The molecular weight excluding hydrogens is 622 g/mol. The van der Waals surface area contributed by atoms with E-state index in [2.05, 4.69) is 0 Å². The van der Waals surface area contributed by atoms with Gasteiger partial charge in [-0.05, 0) is 49.3 Å². The van der Waals surface area contributed by atoms with Crippen LogP contribution in [0.3, 0.4) is 0 Å². The number of likely N-dealkylation sites (tertiary alicyclic amines) is 1. The molecule has 6 unspecified atom stereocenters. The van der Waals surface area contributed by atoms with Crippen LogP contribution in [0, 0.1) is 60.7 Å². The van der Waals surface area contributed by atoms with Crippen molar-refractivity contribution in [1.29, 1.82) is 0 Å². The second-order valence-corrected chi connectivity index (χ2v) is 12.7. The van der Waals surface area contributed by atoms with Crippen molar-refractivity contribution in [2.75, 3.05) is 11.9 Å². The number of halogens is 7. The maximum absolute atomic E-state index is 15.0. The van der Waals surface area contributed by atoms with Gasteiger partial charge in [-0.2, -0.15) is 0 Å². The molecule has 7 nitrogen and oxygen atoms in total. The molecule has 3 fully saturated rings. The van der Waals surface area contributed by atoms with Crippen LogP contribution in [-0.4, -0.2) is 50.4 Å². The fraction of sp³-hybridized carbons (Fsp3) is 0.379. The molecule has 1 N–H and O–H groups in total.